The monoisotopic (exact) mass is 522 g/mol. The van der Waals surface area contributed by atoms with E-state index in [2.05, 4.69) is 25.0 Å². The summed E-state index contributed by atoms with van der Waals surface area (Å²) in [6, 6.07) is 11.2. The van der Waals surface area contributed by atoms with Crippen LogP contribution in [0.4, 0.5) is 13.2 Å². The molecule has 1 aliphatic carbocycles. The lowest BCUT2D eigenvalue weighted by Crippen LogP contribution is -2.19. The maximum atomic E-state index is 12.6. The molecule has 2 atom stereocenters. The van der Waals surface area contributed by atoms with E-state index in [1.165, 1.54) is 20.3 Å². The largest absolute Gasteiger partial charge is 0.480 e. The van der Waals surface area contributed by atoms with Crippen molar-refractivity contribution >= 4 is 16.6 Å². The van der Waals surface area contributed by atoms with Crippen LogP contribution in [0.3, 0.4) is 0 Å². The molecule has 0 amide bonds. The Hall–Kier alpha value is -4.48. The van der Waals surface area contributed by atoms with Gasteiger partial charge in [-0.3, -0.25) is 0 Å². The van der Waals surface area contributed by atoms with Gasteiger partial charge in [0.1, 0.15) is 0 Å². The predicted molar refractivity (Wildman–Crippen MR) is 131 cm³/mol. The van der Waals surface area contributed by atoms with Crippen LogP contribution >= 0.6 is 0 Å². The van der Waals surface area contributed by atoms with Gasteiger partial charge in [-0.05, 0) is 42.0 Å². The molecule has 5 aromatic rings. The van der Waals surface area contributed by atoms with Gasteiger partial charge in [0.05, 0.1) is 31.0 Å². The van der Waals surface area contributed by atoms with E-state index in [-0.39, 0.29) is 23.7 Å². The first kappa shape index (κ1) is 23.9. The van der Waals surface area contributed by atoms with E-state index in [1.807, 2.05) is 24.3 Å². The third-order valence-electron chi connectivity index (χ3n) is 6.46. The summed E-state index contributed by atoms with van der Waals surface area (Å²) in [4.78, 5) is 17.3. The second-order valence-electron chi connectivity index (χ2n) is 8.91. The Morgan fingerprint density at radius 3 is 2.63 bits per heavy atom. The summed E-state index contributed by atoms with van der Waals surface area (Å²) < 4.78 is 54.8. The Morgan fingerprint density at radius 2 is 1.84 bits per heavy atom. The van der Waals surface area contributed by atoms with Crippen molar-refractivity contribution in [2.75, 3.05) is 20.8 Å². The Bertz CT molecular complexity index is 1660. The highest BCUT2D eigenvalue weighted by molar-refractivity contribution is 5.80. The molecule has 1 fully saturated rings. The zero-order valence-corrected chi connectivity index (χ0v) is 20.3. The number of benzene rings is 1. The first-order valence-electron chi connectivity index (χ1n) is 11.7. The molecule has 0 aliphatic heterocycles. The van der Waals surface area contributed by atoms with Crippen LogP contribution in [0.15, 0.2) is 55.0 Å². The highest BCUT2D eigenvalue weighted by Gasteiger charge is 2.41. The van der Waals surface area contributed by atoms with Crippen LogP contribution < -0.4 is 14.2 Å². The van der Waals surface area contributed by atoms with Crippen molar-refractivity contribution in [2.24, 2.45) is 0 Å². The summed E-state index contributed by atoms with van der Waals surface area (Å²) in [6.45, 7) is -1.38. The molecule has 0 unspecified atom stereocenters. The number of halogens is 3. The Balaban J connectivity index is 1.32. The quantitative estimate of drug-likeness (QED) is 0.296. The van der Waals surface area contributed by atoms with Gasteiger partial charge in [0.15, 0.2) is 12.3 Å². The highest BCUT2D eigenvalue weighted by Crippen LogP contribution is 2.56. The van der Waals surface area contributed by atoms with Crippen molar-refractivity contribution in [3.05, 3.63) is 66.1 Å². The Morgan fingerprint density at radius 1 is 1.00 bits per heavy atom. The number of nitrogens with zero attached hydrogens (tertiary/aromatic N) is 6. The number of imidazole rings is 1. The van der Waals surface area contributed by atoms with E-state index in [1.54, 1.807) is 29.2 Å². The van der Waals surface area contributed by atoms with Gasteiger partial charge in [-0.2, -0.15) is 23.3 Å². The number of methoxy groups -OCH3 is 2. The molecule has 1 saturated carbocycles. The molecule has 4 aromatic heterocycles. The second-order valence-corrected chi connectivity index (χ2v) is 8.91. The zero-order chi connectivity index (χ0) is 26.4. The molecule has 6 rings (SSSR count). The molecule has 38 heavy (non-hydrogen) atoms. The fraction of sp³-hybridized carbons (Fsp3) is 0.269. The van der Waals surface area contributed by atoms with E-state index in [0.29, 0.717) is 22.7 Å². The molecule has 0 radical (unpaired) electrons. The number of alkyl halides is 3. The topological polar surface area (TPSA) is 96.6 Å². The molecule has 1 aromatic carbocycles. The molecule has 1 aliphatic rings. The number of hydrogen-bond acceptors (Lipinski definition) is 8. The maximum absolute atomic E-state index is 12.6. The second kappa shape index (κ2) is 9.12. The zero-order valence-electron chi connectivity index (χ0n) is 20.3. The van der Waals surface area contributed by atoms with Crippen LogP contribution in [0.25, 0.3) is 27.8 Å². The molecule has 4 heterocycles. The van der Waals surface area contributed by atoms with E-state index in [4.69, 9.17) is 14.2 Å². The molecule has 0 spiro atoms. The number of ether oxygens (including phenoxy) is 3. The molecule has 9 nitrogen and oxygen atoms in total. The minimum Gasteiger partial charge on any atom is -0.480 e. The first-order chi connectivity index (χ1) is 18.3. The van der Waals surface area contributed by atoms with Crippen LogP contribution in [0.1, 0.15) is 29.4 Å². The van der Waals surface area contributed by atoms with Crippen molar-refractivity contribution in [1.29, 1.82) is 0 Å². The molecule has 194 valence electrons. The van der Waals surface area contributed by atoms with Crippen molar-refractivity contribution < 1.29 is 27.4 Å². The molecule has 0 N–H and O–H groups in total. The predicted octanol–water partition coefficient (Wildman–Crippen LogP) is 4.96. The van der Waals surface area contributed by atoms with Crippen LogP contribution in [0, 0.1) is 0 Å². The van der Waals surface area contributed by atoms with Gasteiger partial charge in [-0.25, -0.2) is 19.5 Å². The van der Waals surface area contributed by atoms with E-state index < -0.39 is 12.8 Å². The lowest BCUT2D eigenvalue weighted by molar-refractivity contribution is -0.154. The van der Waals surface area contributed by atoms with Crippen LogP contribution in [-0.2, 0) is 0 Å². The normalized spacial score (nSPS) is 17.1. The van der Waals surface area contributed by atoms with Crippen molar-refractivity contribution in [2.45, 2.75) is 24.4 Å². The fourth-order valence-electron chi connectivity index (χ4n) is 4.62. The summed E-state index contributed by atoms with van der Waals surface area (Å²) in [5.74, 6) is 0.624. The summed E-state index contributed by atoms with van der Waals surface area (Å²) in [7, 11) is 3.00. The van der Waals surface area contributed by atoms with Crippen LogP contribution in [-0.4, -0.2) is 56.6 Å². The molecule has 0 bridgehead atoms. The first-order valence-corrected chi connectivity index (χ1v) is 11.7. The SMILES string of the molecule is COc1ncc(-c2cc([C@H]3C[C@@H]3c3ccc4ccc(OCC(F)(F)F)nc4c3)c3nccn3n2)c(OC)n1. The number of fused-ring (bicyclic) bond motifs is 2. The Kier molecular flexibility index (Phi) is 5.73. The van der Waals surface area contributed by atoms with E-state index in [9.17, 15) is 13.2 Å². The molecular formula is C26H21F3N6O3. The van der Waals surface area contributed by atoms with Crippen molar-refractivity contribution in [3.63, 3.8) is 0 Å². The van der Waals surface area contributed by atoms with Gasteiger partial charge < -0.3 is 14.2 Å². The van der Waals surface area contributed by atoms with Crippen molar-refractivity contribution in [3.8, 4) is 29.0 Å². The van der Waals surface area contributed by atoms with Gasteiger partial charge in [-0.1, -0.05) is 12.1 Å². The highest BCUT2D eigenvalue weighted by atomic mass is 19.4. The smallest absolute Gasteiger partial charge is 0.422 e. The fourth-order valence-corrected chi connectivity index (χ4v) is 4.62. The van der Waals surface area contributed by atoms with Gasteiger partial charge in [-0.15, -0.1) is 0 Å². The minimum absolute atomic E-state index is 0.0622. The van der Waals surface area contributed by atoms with Gasteiger partial charge in [0.2, 0.25) is 11.8 Å². The average Bonchev–Trinajstić information content (AvgIpc) is 3.58. The van der Waals surface area contributed by atoms with Gasteiger partial charge >= 0.3 is 12.2 Å². The summed E-state index contributed by atoms with van der Waals surface area (Å²) in [5, 5.41) is 5.49. The van der Waals surface area contributed by atoms with Crippen LogP contribution in [0.5, 0.6) is 17.8 Å². The third-order valence-corrected chi connectivity index (χ3v) is 6.46. The third kappa shape index (κ3) is 4.53. The number of hydrogen-bond donors (Lipinski definition) is 0. The van der Waals surface area contributed by atoms with Gasteiger partial charge in [0, 0.05) is 35.6 Å². The molecular weight excluding hydrogens is 501 g/mol. The summed E-state index contributed by atoms with van der Waals surface area (Å²) >= 11 is 0. The minimum atomic E-state index is -4.43. The van der Waals surface area contributed by atoms with Gasteiger partial charge in [0.25, 0.3) is 0 Å². The maximum Gasteiger partial charge on any atom is 0.422 e. The lowest BCUT2D eigenvalue weighted by Gasteiger charge is -2.11. The van der Waals surface area contributed by atoms with Crippen molar-refractivity contribution in [1.82, 2.24) is 29.5 Å². The molecule has 12 heteroatoms. The van der Waals surface area contributed by atoms with Crippen LogP contribution in [0.2, 0.25) is 0 Å². The number of rotatable bonds is 7. The number of pyridine rings is 1. The summed E-state index contributed by atoms with van der Waals surface area (Å²) in [6.07, 6.45) is 1.52. The van der Waals surface area contributed by atoms with E-state index in [0.717, 1.165) is 28.6 Å². The standard InChI is InChI=1S/C26H21F3N6O3/c1-36-24-19(12-31-25(33-24)37-2)21-11-18(23-30-7-8-35(23)34-21)17-10-16(17)15-4-3-14-5-6-22(32-20(14)9-15)38-13-26(27,28)29/h3-9,11-12,16-17H,10,13H2,1-2H3/t16-,17+/m1/s1. The Labute approximate surface area is 214 Å². The lowest BCUT2D eigenvalue weighted by atomic mass is 10.0. The van der Waals surface area contributed by atoms with E-state index >= 15 is 0 Å². The molecule has 0 saturated heterocycles. The summed E-state index contributed by atoms with van der Waals surface area (Å²) in [5.41, 5.74) is 4.62. The average molecular weight is 522 g/mol. The number of aromatic nitrogens is 6.